The molecule has 0 aliphatic rings. The number of unbranched alkanes of at least 4 members (excludes halogenated alkanes) is 3. The summed E-state index contributed by atoms with van der Waals surface area (Å²) in [5.41, 5.74) is 9.95. The van der Waals surface area contributed by atoms with Crippen molar-refractivity contribution in [2.24, 2.45) is 5.92 Å². The number of H-pyrrole nitrogens is 2. The molecule has 2 N–H and O–H groups in total. The van der Waals surface area contributed by atoms with E-state index in [1.165, 1.54) is 0 Å². The molecule has 0 aliphatic heterocycles. The van der Waals surface area contributed by atoms with Crippen LogP contribution in [-0.4, -0.2) is 60.4 Å². The van der Waals surface area contributed by atoms with Crippen LogP contribution < -0.4 is 5.69 Å². The van der Waals surface area contributed by atoms with Gasteiger partial charge in [0.1, 0.15) is 0 Å². The Morgan fingerprint density at radius 2 is 1.25 bits per heavy atom. The maximum Gasteiger partial charge on any atom is 0.329 e. The number of hydrogen-bond acceptors (Lipinski definition) is 9. The van der Waals surface area contributed by atoms with Gasteiger partial charge >= 0.3 is 5.69 Å². The first-order chi connectivity index (χ1) is 29.4. The molecule has 0 amide bonds. The van der Waals surface area contributed by atoms with Crippen molar-refractivity contribution in [1.29, 1.82) is 0 Å². The van der Waals surface area contributed by atoms with Crippen LogP contribution >= 0.6 is 0 Å². The molecule has 7 rings (SSSR count). The molecular formula is C47H58N12O. The van der Waals surface area contributed by atoms with Crippen LogP contribution in [-0.2, 0) is 13.0 Å². The molecule has 0 saturated heterocycles. The van der Waals surface area contributed by atoms with Crippen molar-refractivity contribution in [2.45, 2.75) is 124 Å². The summed E-state index contributed by atoms with van der Waals surface area (Å²) in [6.45, 7) is 11.6. The van der Waals surface area contributed by atoms with Gasteiger partial charge in [0.15, 0.2) is 11.6 Å². The minimum atomic E-state index is 0.0262. The number of hydrogen-bond donors (Lipinski definition) is 2. The van der Waals surface area contributed by atoms with Gasteiger partial charge in [0, 0.05) is 63.7 Å². The normalized spacial score (nSPS) is 13.1. The number of aromatic amines is 2. The van der Waals surface area contributed by atoms with Crippen molar-refractivity contribution in [3.63, 3.8) is 0 Å². The summed E-state index contributed by atoms with van der Waals surface area (Å²) in [7, 11) is 0. The first-order valence-electron chi connectivity index (χ1n) is 21.8. The second-order valence-corrected chi connectivity index (χ2v) is 15.9. The first kappa shape index (κ1) is 42.0. The van der Waals surface area contributed by atoms with Crippen LogP contribution in [0.25, 0.3) is 45.0 Å². The van der Waals surface area contributed by atoms with Gasteiger partial charge in [0.2, 0.25) is 0 Å². The van der Waals surface area contributed by atoms with Crippen LogP contribution in [0.2, 0.25) is 0 Å². The molecule has 2 aromatic carbocycles. The zero-order valence-electron chi connectivity index (χ0n) is 35.7. The van der Waals surface area contributed by atoms with E-state index in [0.29, 0.717) is 24.1 Å². The van der Waals surface area contributed by atoms with E-state index in [-0.39, 0.29) is 17.6 Å². The Bertz CT molecular complexity index is 2430. The van der Waals surface area contributed by atoms with E-state index in [0.717, 1.165) is 127 Å². The highest BCUT2D eigenvalue weighted by Gasteiger charge is 2.30. The van der Waals surface area contributed by atoms with Crippen LogP contribution in [0.1, 0.15) is 127 Å². The summed E-state index contributed by atoms with van der Waals surface area (Å²) in [6, 6.07) is 24.7. The lowest BCUT2D eigenvalue weighted by molar-refractivity contribution is 0.288. The number of nitrogens with zero attached hydrogens (tertiary/aromatic N) is 10. The quantitative estimate of drug-likeness (QED) is 0.0720. The number of tetrazole rings is 2. The Morgan fingerprint density at radius 1 is 0.667 bits per heavy atom. The van der Waals surface area contributed by atoms with Crippen LogP contribution in [0.3, 0.4) is 0 Å². The van der Waals surface area contributed by atoms with E-state index in [4.69, 9.17) is 9.97 Å². The molecule has 13 heteroatoms. The number of aromatic nitrogens is 12. The van der Waals surface area contributed by atoms with Gasteiger partial charge in [-0.05, 0) is 89.1 Å². The fraction of sp³-hybridized carbons (Fsp3) is 0.426. The van der Waals surface area contributed by atoms with Gasteiger partial charge in [-0.25, -0.2) is 15.0 Å². The molecule has 3 unspecified atom stereocenters. The van der Waals surface area contributed by atoms with Gasteiger partial charge < -0.3 is 0 Å². The highest BCUT2D eigenvalue weighted by atomic mass is 16.1. The Hall–Kier alpha value is -6.11. The monoisotopic (exact) mass is 806 g/mol. The summed E-state index contributed by atoms with van der Waals surface area (Å²) < 4.78 is 4.14. The molecule has 0 saturated carbocycles. The fourth-order valence-electron chi connectivity index (χ4n) is 8.83. The van der Waals surface area contributed by atoms with Crippen molar-refractivity contribution in [1.82, 2.24) is 60.4 Å². The third kappa shape index (κ3) is 9.35. The molecule has 0 radical (unpaired) electrons. The molecule has 0 fully saturated rings. The van der Waals surface area contributed by atoms with E-state index in [1.54, 1.807) is 0 Å². The molecule has 7 aromatic rings. The zero-order chi connectivity index (χ0) is 41.8. The van der Waals surface area contributed by atoms with E-state index < -0.39 is 0 Å². The molecule has 0 aliphatic carbocycles. The van der Waals surface area contributed by atoms with Crippen molar-refractivity contribution < 1.29 is 0 Å². The largest absolute Gasteiger partial charge is 0.329 e. The van der Waals surface area contributed by atoms with Crippen LogP contribution in [0.15, 0.2) is 90.0 Å². The number of pyridine rings is 2. The van der Waals surface area contributed by atoms with Crippen LogP contribution in [0.4, 0.5) is 0 Å². The Morgan fingerprint density at radius 3 is 1.77 bits per heavy atom. The Balaban J connectivity index is 1.22. The van der Waals surface area contributed by atoms with Crippen LogP contribution in [0, 0.1) is 12.8 Å². The van der Waals surface area contributed by atoms with Crippen molar-refractivity contribution in [3.05, 3.63) is 118 Å². The average molecular weight is 807 g/mol. The predicted octanol–water partition coefficient (Wildman–Crippen LogP) is 9.95. The Kier molecular flexibility index (Phi) is 14.2. The number of imidazole rings is 1. The number of rotatable bonds is 21. The number of benzene rings is 2. The maximum atomic E-state index is 15.0. The van der Waals surface area contributed by atoms with Crippen molar-refractivity contribution in [3.8, 4) is 45.0 Å². The molecule has 13 nitrogen and oxygen atoms in total. The predicted molar refractivity (Wildman–Crippen MR) is 236 cm³/mol. The summed E-state index contributed by atoms with van der Waals surface area (Å²) in [6.07, 6.45) is 15.1. The average Bonchev–Trinajstić information content (AvgIpc) is 4.08. The van der Waals surface area contributed by atoms with Gasteiger partial charge in [-0.1, -0.05) is 127 Å². The summed E-state index contributed by atoms with van der Waals surface area (Å²) in [5, 5.41) is 29.2. The Labute approximate surface area is 352 Å². The highest BCUT2D eigenvalue weighted by Crippen LogP contribution is 2.40. The van der Waals surface area contributed by atoms with Gasteiger partial charge in [-0.2, -0.15) is 0 Å². The standard InChI is InChI=1S/C47H58N12O/c1-6-10-17-33(9-4)42(43-27-25-35(30-49-43)39-20-14-16-22-41(39)46-52-56-57-53-46)28-37(18-11-7-2)59-32(5)44(23-12-8-3)58(47(59)60)31-36-26-24-34(29-48-36)38-19-13-15-21-40(38)45-50-54-55-51-45/h13-16,19-22,24-27,29-30,33,37,42H,6-12,17-18,23,28,31H2,1-5H3,(H,50,51,54,55)(H,52,53,56,57). The smallest absolute Gasteiger partial charge is 0.293 e. The maximum absolute atomic E-state index is 15.0. The highest BCUT2D eigenvalue weighted by molar-refractivity contribution is 5.80. The topological polar surface area (TPSA) is 162 Å². The van der Waals surface area contributed by atoms with Crippen molar-refractivity contribution >= 4 is 0 Å². The van der Waals surface area contributed by atoms with E-state index in [9.17, 15) is 4.79 Å². The minimum Gasteiger partial charge on any atom is -0.293 e. The SMILES string of the molecule is CCCCc1c(C)n(C(CCCC)CC(c2ccc(-c3ccccc3-c3nnn[nH]3)cn2)C(CC)CCCC)c(=O)n1Cc1ccc(-c2ccccc2-c2nnn[nH]2)cn1. The van der Waals surface area contributed by atoms with E-state index >= 15 is 0 Å². The summed E-state index contributed by atoms with van der Waals surface area (Å²) >= 11 is 0. The van der Waals surface area contributed by atoms with Gasteiger partial charge in [-0.15, -0.1) is 10.2 Å². The molecule has 3 atom stereocenters. The van der Waals surface area contributed by atoms with Gasteiger partial charge in [-0.3, -0.25) is 19.1 Å². The van der Waals surface area contributed by atoms with E-state index in [2.05, 4.69) is 105 Å². The molecule has 5 heterocycles. The molecular weight excluding hydrogens is 749 g/mol. The fourth-order valence-corrected chi connectivity index (χ4v) is 8.83. The van der Waals surface area contributed by atoms with Gasteiger partial charge in [0.25, 0.3) is 0 Å². The lowest BCUT2D eigenvalue weighted by Crippen LogP contribution is -2.31. The molecule has 5 aromatic heterocycles. The number of nitrogens with one attached hydrogen (secondary N) is 2. The second kappa shape index (κ2) is 20.2. The first-order valence-corrected chi connectivity index (χ1v) is 21.8. The minimum absolute atomic E-state index is 0.0262. The lowest BCUT2D eigenvalue weighted by Gasteiger charge is -2.31. The third-order valence-corrected chi connectivity index (χ3v) is 12.1. The summed E-state index contributed by atoms with van der Waals surface area (Å²) in [4.78, 5) is 25.1. The van der Waals surface area contributed by atoms with Crippen molar-refractivity contribution in [2.75, 3.05) is 0 Å². The second-order valence-electron chi connectivity index (χ2n) is 15.9. The molecule has 0 spiro atoms. The third-order valence-electron chi connectivity index (χ3n) is 12.1. The molecule has 0 bridgehead atoms. The lowest BCUT2D eigenvalue weighted by atomic mass is 9.78. The van der Waals surface area contributed by atoms with E-state index in [1.807, 2.05) is 65.5 Å². The molecule has 60 heavy (non-hydrogen) atoms. The van der Waals surface area contributed by atoms with Crippen LogP contribution in [0.5, 0.6) is 0 Å². The molecule has 312 valence electrons. The zero-order valence-corrected chi connectivity index (χ0v) is 35.7. The summed E-state index contributed by atoms with van der Waals surface area (Å²) in [5.74, 6) is 1.85. The van der Waals surface area contributed by atoms with Gasteiger partial charge in [0.05, 0.1) is 12.2 Å².